The van der Waals surface area contributed by atoms with Crippen molar-refractivity contribution >= 4 is 35.2 Å². The van der Waals surface area contributed by atoms with E-state index in [1.54, 1.807) is 18.3 Å². The number of alkyl halides is 5. The lowest BCUT2D eigenvalue weighted by Gasteiger charge is -2.20. The summed E-state index contributed by atoms with van der Waals surface area (Å²) in [5.74, 6) is 0.188. The van der Waals surface area contributed by atoms with E-state index >= 15 is 0 Å². The van der Waals surface area contributed by atoms with Crippen LogP contribution in [0.5, 0.6) is 5.75 Å². The van der Waals surface area contributed by atoms with Gasteiger partial charge in [0.05, 0.1) is 18.2 Å². The molecule has 3 N–H and O–H groups in total. The van der Waals surface area contributed by atoms with E-state index < -0.39 is 18.0 Å². The molecule has 1 aromatic heterocycles. The molecular formula is C31H29F5N8OS. The number of nitrogens with one attached hydrogen (secondary N) is 3. The number of nitrogens with zero attached hydrogens (tertiary/aromatic N) is 5. The number of anilines is 2. The van der Waals surface area contributed by atoms with Crippen LogP contribution in [0.2, 0.25) is 0 Å². The number of para-hydroxylation sites is 1. The minimum atomic E-state index is -5.87. The number of thiocarbonyl (C=S) groups is 1. The van der Waals surface area contributed by atoms with Crippen molar-refractivity contribution in [1.29, 1.82) is 5.26 Å². The molecule has 3 aromatic carbocycles. The fourth-order valence-corrected chi connectivity index (χ4v) is 4.29. The second kappa shape index (κ2) is 14.8. The summed E-state index contributed by atoms with van der Waals surface area (Å²) < 4.78 is 69.3. The van der Waals surface area contributed by atoms with Crippen LogP contribution in [0, 0.1) is 11.3 Å². The fourth-order valence-electron chi connectivity index (χ4n) is 4.13. The van der Waals surface area contributed by atoms with Crippen molar-refractivity contribution < 1.29 is 26.7 Å². The van der Waals surface area contributed by atoms with Crippen LogP contribution >= 0.6 is 12.2 Å². The van der Waals surface area contributed by atoms with E-state index in [0.717, 1.165) is 28.9 Å². The molecule has 0 aliphatic rings. The highest BCUT2D eigenvalue weighted by Crippen LogP contribution is 2.37. The first-order chi connectivity index (χ1) is 21.9. The maximum Gasteiger partial charge on any atom is 0.499 e. The zero-order valence-electron chi connectivity index (χ0n) is 24.6. The highest BCUT2D eigenvalue weighted by molar-refractivity contribution is 7.80. The van der Waals surface area contributed by atoms with Crippen LogP contribution in [-0.4, -0.2) is 44.9 Å². The number of hydrogen-bond donors (Lipinski definition) is 3. The highest BCUT2D eigenvalue weighted by Gasteiger charge is 2.61. The van der Waals surface area contributed by atoms with Crippen LogP contribution in [0.25, 0.3) is 17.1 Å². The number of halogens is 5. The number of nitriles is 1. The van der Waals surface area contributed by atoms with E-state index in [0.29, 0.717) is 34.5 Å². The standard InChI is InChI=1S/C31H29F5N8OS/c1-20(2)25-6-3-4-7-26(25)40-29(46)42-39-19-16-21-8-10-22(11-9-21)27-41-28(38-18-5-17-37)44(43-27)23-12-14-24(15-13-23)45-31(35,36)30(32,33)34/h3-4,6-15,19-20H,5,16,18H2,1-2H3,(H,38,41,43)(H2,40,42,46). The second-order valence-electron chi connectivity index (χ2n) is 10.1. The van der Waals surface area contributed by atoms with E-state index in [9.17, 15) is 22.0 Å². The van der Waals surface area contributed by atoms with Gasteiger partial charge in [0.2, 0.25) is 5.95 Å². The Morgan fingerprint density at radius 1 is 1.04 bits per heavy atom. The predicted molar refractivity (Wildman–Crippen MR) is 169 cm³/mol. The third-order valence-corrected chi connectivity index (χ3v) is 6.61. The predicted octanol–water partition coefficient (Wildman–Crippen LogP) is 7.43. The Hall–Kier alpha value is -5.10. The van der Waals surface area contributed by atoms with Gasteiger partial charge in [-0.05, 0) is 59.6 Å². The average molecular weight is 657 g/mol. The quantitative estimate of drug-likeness (QED) is 0.0475. The lowest BCUT2D eigenvalue weighted by molar-refractivity contribution is -0.360. The van der Waals surface area contributed by atoms with Crippen LogP contribution in [0.3, 0.4) is 0 Å². The smallest absolute Gasteiger partial charge is 0.426 e. The van der Waals surface area contributed by atoms with E-state index in [2.05, 4.69) is 49.8 Å². The monoisotopic (exact) mass is 656 g/mol. The Bertz CT molecular complexity index is 1700. The van der Waals surface area contributed by atoms with Crippen molar-refractivity contribution in [2.45, 2.75) is 44.9 Å². The van der Waals surface area contributed by atoms with Crippen LogP contribution in [0.15, 0.2) is 77.9 Å². The molecule has 0 amide bonds. The van der Waals surface area contributed by atoms with Gasteiger partial charge in [-0.3, -0.25) is 5.43 Å². The molecule has 0 saturated carbocycles. The lowest BCUT2D eigenvalue weighted by atomic mass is 10.0. The molecule has 1 heterocycles. The van der Waals surface area contributed by atoms with Crippen LogP contribution in [-0.2, 0) is 6.42 Å². The molecule has 0 bridgehead atoms. The van der Waals surface area contributed by atoms with Crippen molar-refractivity contribution in [2.24, 2.45) is 5.10 Å². The Labute approximate surface area is 267 Å². The van der Waals surface area contributed by atoms with E-state index in [1.165, 1.54) is 16.8 Å². The van der Waals surface area contributed by atoms with E-state index in [4.69, 9.17) is 17.5 Å². The number of hydrazone groups is 1. The minimum absolute atomic E-state index is 0.165. The van der Waals surface area contributed by atoms with Gasteiger partial charge in [-0.2, -0.15) is 42.0 Å². The van der Waals surface area contributed by atoms with E-state index in [-0.39, 0.29) is 18.9 Å². The summed E-state index contributed by atoms with van der Waals surface area (Å²) in [6.45, 7) is 4.44. The zero-order chi connectivity index (χ0) is 33.3. The molecule has 46 heavy (non-hydrogen) atoms. The largest absolute Gasteiger partial charge is 0.499 e. The van der Waals surface area contributed by atoms with Crippen LogP contribution < -0.4 is 20.8 Å². The third-order valence-electron chi connectivity index (χ3n) is 6.41. The summed E-state index contributed by atoms with van der Waals surface area (Å²) in [5.41, 5.74) is 6.77. The number of hydrogen-bond acceptors (Lipinski definition) is 7. The first-order valence-electron chi connectivity index (χ1n) is 14.0. The van der Waals surface area contributed by atoms with Gasteiger partial charge in [-0.25, -0.2) is 0 Å². The molecular weight excluding hydrogens is 627 g/mol. The molecule has 15 heteroatoms. The molecule has 0 aliphatic carbocycles. The average Bonchev–Trinajstić information content (AvgIpc) is 3.43. The SMILES string of the molecule is CC(C)c1ccccc1NC(=S)NN=CCc1ccc(-c2nc(NCCC#N)n(-c3ccc(OC(F)(F)C(F)(F)F)cc3)n2)cc1. The van der Waals surface area contributed by atoms with Crippen molar-refractivity contribution in [3.8, 4) is 28.9 Å². The molecule has 0 saturated heterocycles. The maximum absolute atomic E-state index is 13.3. The van der Waals surface area contributed by atoms with Crippen molar-refractivity contribution in [3.05, 3.63) is 83.9 Å². The molecule has 0 unspecified atom stereocenters. The second-order valence-corrected chi connectivity index (χ2v) is 10.5. The van der Waals surface area contributed by atoms with Gasteiger partial charge in [0, 0.05) is 30.4 Å². The van der Waals surface area contributed by atoms with Gasteiger partial charge in [-0.15, -0.1) is 5.10 Å². The van der Waals surface area contributed by atoms with Gasteiger partial charge >= 0.3 is 12.3 Å². The number of ether oxygens (including phenoxy) is 1. The highest BCUT2D eigenvalue weighted by atomic mass is 32.1. The normalized spacial score (nSPS) is 11.8. The van der Waals surface area contributed by atoms with Gasteiger partial charge in [0.1, 0.15) is 5.75 Å². The number of rotatable bonds is 12. The zero-order valence-corrected chi connectivity index (χ0v) is 25.5. The fraction of sp³-hybridized carbons (Fsp3) is 0.258. The molecule has 0 radical (unpaired) electrons. The first kappa shape index (κ1) is 33.8. The third kappa shape index (κ3) is 8.75. The van der Waals surface area contributed by atoms with Gasteiger partial charge in [0.25, 0.3) is 0 Å². The van der Waals surface area contributed by atoms with Crippen LogP contribution in [0.1, 0.15) is 37.3 Å². The maximum atomic E-state index is 13.3. The van der Waals surface area contributed by atoms with Gasteiger partial charge in [0.15, 0.2) is 10.9 Å². The molecule has 0 aliphatic heterocycles. The molecule has 9 nitrogen and oxygen atoms in total. The van der Waals surface area contributed by atoms with Crippen molar-refractivity contribution in [2.75, 3.05) is 17.2 Å². The number of aromatic nitrogens is 3. The Morgan fingerprint density at radius 3 is 2.39 bits per heavy atom. The molecule has 0 atom stereocenters. The van der Waals surface area contributed by atoms with E-state index in [1.807, 2.05) is 42.5 Å². The summed E-state index contributed by atoms with van der Waals surface area (Å²) in [6.07, 6.45) is -8.87. The number of benzene rings is 3. The van der Waals surface area contributed by atoms with Crippen molar-refractivity contribution in [3.63, 3.8) is 0 Å². The summed E-state index contributed by atoms with van der Waals surface area (Å²) in [4.78, 5) is 4.49. The molecule has 0 spiro atoms. The summed E-state index contributed by atoms with van der Waals surface area (Å²) >= 11 is 5.36. The van der Waals surface area contributed by atoms with Crippen molar-refractivity contribution in [1.82, 2.24) is 20.2 Å². The molecule has 4 aromatic rings. The molecule has 0 fully saturated rings. The molecule has 4 rings (SSSR count). The summed E-state index contributed by atoms with van der Waals surface area (Å²) in [6, 6.07) is 21.7. The van der Waals surface area contributed by atoms with Crippen LogP contribution in [0.4, 0.5) is 33.6 Å². The Balaban J connectivity index is 1.42. The van der Waals surface area contributed by atoms with Gasteiger partial charge < -0.3 is 15.4 Å². The topological polar surface area (TPSA) is 112 Å². The lowest BCUT2D eigenvalue weighted by Crippen LogP contribution is -2.41. The summed E-state index contributed by atoms with van der Waals surface area (Å²) in [7, 11) is 0. The van der Waals surface area contributed by atoms with Gasteiger partial charge in [-0.1, -0.05) is 56.3 Å². The first-order valence-corrected chi connectivity index (χ1v) is 14.4. The Kier molecular flexibility index (Phi) is 10.9. The molecule has 240 valence electrons. The summed E-state index contributed by atoms with van der Waals surface area (Å²) in [5, 5.41) is 24.1. The Morgan fingerprint density at radius 2 is 1.74 bits per heavy atom. The minimum Gasteiger partial charge on any atom is -0.426 e.